The van der Waals surface area contributed by atoms with Crippen molar-refractivity contribution in [2.75, 3.05) is 11.6 Å². The molecule has 3 nitrogen and oxygen atoms in total. The molecule has 0 spiro atoms. The van der Waals surface area contributed by atoms with Gasteiger partial charge in [-0.25, -0.2) is 0 Å². The highest BCUT2D eigenvalue weighted by molar-refractivity contribution is 7.98. The van der Waals surface area contributed by atoms with Gasteiger partial charge in [0.1, 0.15) is 5.75 Å². The molecule has 0 aliphatic heterocycles. The minimum absolute atomic E-state index is 0.0907. The van der Waals surface area contributed by atoms with E-state index in [1.165, 1.54) is 6.92 Å². The van der Waals surface area contributed by atoms with E-state index < -0.39 is 0 Å². The Morgan fingerprint density at radius 2 is 2.23 bits per heavy atom. The number of benzene rings is 1. The number of aromatic hydroxyl groups is 1. The number of carbonyl (C=O) groups excluding carboxylic acids is 1. The average molecular weight is 197 g/mol. The molecule has 1 rings (SSSR count). The zero-order valence-corrected chi connectivity index (χ0v) is 8.31. The topological polar surface area (TPSA) is 49.3 Å². The average Bonchev–Trinajstić information content (AvgIpc) is 2.08. The summed E-state index contributed by atoms with van der Waals surface area (Å²) in [6.07, 6.45) is 1.93. The van der Waals surface area contributed by atoms with Crippen LogP contribution >= 0.6 is 11.8 Å². The fourth-order valence-electron chi connectivity index (χ4n) is 0.932. The predicted octanol–water partition coefficient (Wildman–Crippen LogP) is 2.07. The zero-order chi connectivity index (χ0) is 9.84. The summed E-state index contributed by atoms with van der Waals surface area (Å²) in [5.74, 6) is -0.0958. The first-order valence-electron chi connectivity index (χ1n) is 3.78. The highest BCUT2D eigenvalue weighted by Crippen LogP contribution is 2.27. The van der Waals surface area contributed by atoms with E-state index in [1.54, 1.807) is 30.0 Å². The summed E-state index contributed by atoms with van der Waals surface area (Å²) in [6.45, 7) is 1.41. The summed E-state index contributed by atoms with van der Waals surface area (Å²) in [5, 5.41) is 11.9. The number of anilines is 1. The van der Waals surface area contributed by atoms with Crippen LogP contribution < -0.4 is 5.32 Å². The number of phenols is 1. The molecule has 0 aliphatic rings. The van der Waals surface area contributed by atoms with Gasteiger partial charge in [0.2, 0.25) is 5.91 Å². The van der Waals surface area contributed by atoms with Crippen LogP contribution in [0.15, 0.2) is 23.1 Å². The fraction of sp³-hybridized carbons (Fsp3) is 0.222. The second-order valence-electron chi connectivity index (χ2n) is 2.56. The second kappa shape index (κ2) is 4.18. The lowest BCUT2D eigenvalue weighted by Crippen LogP contribution is -2.05. The molecular formula is C9H11NO2S. The first-order valence-corrected chi connectivity index (χ1v) is 5.00. The molecule has 0 saturated carbocycles. The third kappa shape index (κ3) is 2.66. The van der Waals surface area contributed by atoms with Gasteiger partial charge in [-0.15, -0.1) is 11.8 Å². The number of nitrogens with one attached hydrogen (secondary N) is 1. The molecule has 0 heterocycles. The van der Waals surface area contributed by atoms with Gasteiger partial charge in [-0.2, -0.15) is 0 Å². The van der Waals surface area contributed by atoms with E-state index in [9.17, 15) is 9.90 Å². The number of carbonyl (C=O) groups is 1. The summed E-state index contributed by atoms with van der Waals surface area (Å²) < 4.78 is 0. The van der Waals surface area contributed by atoms with Crippen LogP contribution in [0.1, 0.15) is 6.92 Å². The number of thioether (sulfide) groups is 1. The predicted molar refractivity (Wildman–Crippen MR) is 54.2 cm³/mol. The Bertz CT molecular complexity index is 325. The van der Waals surface area contributed by atoms with Crippen molar-refractivity contribution in [3.63, 3.8) is 0 Å². The van der Waals surface area contributed by atoms with Crippen molar-refractivity contribution in [1.82, 2.24) is 0 Å². The Kier molecular flexibility index (Phi) is 3.19. The molecule has 0 radical (unpaired) electrons. The normalized spacial score (nSPS) is 9.69. The molecule has 1 aromatic carbocycles. The zero-order valence-electron chi connectivity index (χ0n) is 7.50. The minimum Gasteiger partial charge on any atom is -0.506 e. The number of amides is 1. The third-order valence-electron chi connectivity index (χ3n) is 1.51. The van der Waals surface area contributed by atoms with Gasteiger partial charge in [0.25, 0.3) is 0 Å². The first-order chi connectivity index (χ1) is 6.13. The van der Waals surface area contributed by atoms with Gasteiger partial charge in [-0.3, -0.25) is 4.79 Å². The van der Waals surface area contributed by atoms with Crippen molar-refractivity contribution in [3.8, 4) is 5.75 Å². The van der Waals surface area contributed by atoms with Crippen molar-refractivity contribution in [1.29, 1.82) is 0 Å². The standard InChI is InChI=1S/C9H11NO2S/c1-6(11)10-8-5-7(13-2)3-4-9(8)12/h3-5,12H,1-2H3,(H,10,11). The number of phenolic OH excluding ortho intramolecular Hbond substituents is 1. The summed E-state index contributed by atoms with van der Waals surface area (Å²) in [5.41, 5.74) is 0.458. The van der Waals surface area contributed by atoms with Gasteiger partial charge >= 0.3 is 0 Å². The second-order valence-corrected chi connectivity index (χ2v) is 3.44. The van der Waals surface area contributed by atoms with Crippen LogP contribution in [0.3, 0.4) is 0 Å². The highest BCUT2D eigenvalue weighted by Gasteiger charge is 2.03. The van der Waals surface area contributed by atoms with Gasteiger partial charge in [0.15, 0.2) is 0 Å². The molecule has 1 aromatic rings. The molecule has 2 N–H and O–H groups in total. The fourth-order valence-corrected chi connectivity index (χ4v) is 1.37. The molecule has 13 heavy (non-hydrogen) atoms. The summed E-state index contributed by atoms with van der Waals surface area (Å²) in [6, 6.07) is 5.10. The Balaban J connectivity index is 2.96. The van der Waals surface area contributed by atoms with Crippen molar-refractivity contribution in [3.05, 3.63) is 18.2 Å². The Labute approximate surface area is 81.2 Å². The van der Waals surface area contributed by atoms with E-state index in [2.05, 4.69) is 5.32 Å². The number of hydrogen-bond donors (Lipinski definition) is 2. The Hall–Kier alpha value is -1.16. The molecule has 4 heteroatoms. The molecule has 1 amide bonds. The van der Waals surface area contributed by atoms with E-state index in [-0.39, 0.29) is 11.7 Å². The maximum absolute atomic E-state index is 10.7. The molecular weight excluding hydrogens is 186 g/mol. The molecule has 0 aliphatic carbocycles. The smallest absolute Gasteiger partial charge is 0.221 e. The Morgan fingerprint density at radius 1 is 1.54 bits per heavy atom. The molecule has 0 atom stereocenters. The highest BCUT2D eigenvalue weighted by atomic mass is 32.2. The lowest BCUT2D eigenvalue weighted by Gasteiger charge is -2.06. The van der Waals surface area contributed by atoms with Crippen molar-refractivity contribution in [2.24, 2.45) is 0 Å². The van der Waals surface area contributed by atoms with Gasteiger partial charge in [0.05, 0.1) is 5.69 Å². The van der Waals surface area contributed by atoms with E-state index in [0.29, 0.717) is 5.69 Å². The number of hydrogen-bond acceptors (Lipinski definition) is 3. The van der Waals surface area contributed by atoms with Crippen molar-refractivity contribution < 1.29 is 9.90 Å². The van der Waals surface area contributed by atoms with E-state index in [4.69, 9.17) is 0 Å². The van der Waals surface area contributed by atoms with Crippen LogP contribution in [0.25, 0.3) is 0 Å². The lowest BCUT2D eigenvalue weighted by atomic mass is 10.3. The Morgan fingerprint density at radius 3 is 2.77 bits per heavy atom. The van der Waals surface area contributed by atoms with Crippen LogP contribution in [-0.4, -0.2) is 17.3 Å². The molecule has 0 saturated heterocycles. The SMILES string of the molecule is CSc1ccc(O)c(NC(C)=O)c1. The van der Waals surface area contributed by atoms with Crippen LogP contribution in [-0.2, 0) is 4.79 Å². The molecule has 0 unspecified atom stereocenters. The van der Waals surface area contributed by atoms with Crippen molar-refractivity contribution in [2.45, 2.75) is 11.8 Å². The number of rotatable bonds is 2. The maximum atomic E-state index is 10.7. The quantitative estimate of drug-likeness (QED) is 0.563. The minimum atomic E-state index is -0.187. The largest absolute Gasteiger partial charge is 0.506 e. The van der Waals surface area contributed by atoms with Gasteiger partial charge in [0, 0.05) is 11.8 Å². The third-order valence-corrected chi connectivity index (χ3v) is 2.24. The van der Waals surface area contributed by atoms with Crippen LogP contribution in [0.4, 0.5) is 5.69 Å². The van der Waals surface area contributed by atoms with Gasteiger partial charge < -0.3 is 10.4 Å². The monoisotopic (exact) mass is 197 g/mol. The van der Waals surface area contributed by atoms with Gasteiger partial charge in [-0.05, 0) is 24.5 Å². The maximum Gasteiger partial charge on any atom is 0.221 e. The molecule has 0 bridgehead atoms. The van der Waals surface area contributed by atoms with Crippen LogP contribution in [0.2, 0.25) is 0 Å². The van der Waals surface area contributed by atoms with Crippen LogP contribution in [0, 0.1) is 0 Å². The van der Waals surface area contributed by atoms with Gasteiger partial charge in [-0.1, -0.05) is 0 Å². The van der Waals surface area contributed by atoms with Crippen LogP contribution in [0.5, 0.6) is 5.75 Å². The van der Waals surface area contributed by atoms with Crippen molar-refractivity contribution >= 4 is 23.4 Å². The summed E-state index contributed by atoms with van der Waals surface area (Å²) in [7, 11) is 0. The molecule has 70 valence electrons. The van der Waals surface area contributed by atoms with E-state index in [1.807, 2.05) is 6.26 Å². The lowest BCUT2D eigenvalue weighted by molar-refractivity contribution is -0.114. The molecule has 0 aromatic heterocycles. The molecule has 0 fully saturated rings. The van der Waals surface area contributed by atoms with E-state index >= 15 is 0 Å². The summed E-state index contributed by atoms with van der Waals surface area (Å²) >= 11 is 1.56. The van der Waals surface area contributed by atoms with E-state index in [0.717, 1.165) is 4.90 Å². The first kappa shape index (κ1) is 9.92. The summed E-state index contributed by atoms with van der Waals surface area (Å²) in [4.78, 5) is 11.7.